The molecule has 0 radical (unpaired) electrons. The Morgan fingerprint density at radius 1 is 1.10 bits per heavy atom. The molecule has 0 saturated heterocycles. The Hall–Kier alpha value is -0.430. The third kappa shape index (κ3) is 4.77. The van der Waals surface area contributed by atoms with Crippen LogP contribution >= 0.6 is 15.9 Å². The lowest BCUT2D eigenvalue weighted by atomic mass is 9.95. The van der Waals surface area contributed by atoms with E-state index in [-0.39, 0.29) is 11.4 Å². The molecule has 1 fully saturated rings. The van der Waals surface area contributed by atoms with Crippen molar-refractivity contribution < 1.29 is 13.5 Å². The van der Waals surface area contributed by atoms with Gasteiger partial charge in [0.05, 0.1) is 10.5 Å². The molecule has 1 saturated carbocycles. The summed E-state index contributed by atoms with van der Waals surface area (Å²) in [7, 11) is -3.56. The molecular formula is C15H22BrNO3S. The highest BCUT2D eigenvalue weighted by Gasteiger charge is 2.29. The van der Waals surface area contributed by atoms with Gasteiger partial charge in [0, 0.05) is 11.9 Å². The fraction of sp³-hybridized carbons (Fsp3) is 0.600. The maximum Gasteiger partial charge on any atom is 0.240 e. The van der Waals surface area contributed by atoms with Crippen LogP contribution in [0.2, 0.25) is 0 Å². The molecule has 0 unspecified atom stereocenters. The standard InChI is InChI=1S/C15H22BrNO3S/c16-11-13-5-7-14(8-6-13)21(19,20)17-12-15(18)9-3-1-2-4-10-15/h5-8,17-18H,1-4,9-12H2. The van der Waals surface area contributed by atoms with Crippen molar-refractivity contribution in [3.8, 4) is 0 Å². The Morgan fingerprint density at radius 2 is 1.67 bits per heavy atom. The highest BCUT2D eigenvalue weighted by Crippen LogP contribution is 2.26. The highest BCUT2D eigenvalue weighted by molar-refractivity contribution is 9.08. The molecule has 0 aromatic heterocycles. The minimum absolute atomic E-state index is 0.0928. The second-order valence-corrected chi connectivity index (χ2v) is 8.07. The second kappa shape index (κ2) is 7.22. The first-order chi connectivity index (χ1) is 9.95. The number of alkyl halides is 1. The van der Waals surface area contributed by atoms with E-state index in [1.807, 2.05) is 0 Å². The summed E-state index contributed by atoms with van der Waals surface area (Å²) in [6.07, 6.45) is 5.47. The van der Waals surface area contributed by atoms with E-state index in [4.69, 9.17) is 0 Å². The van der Waals surface area contributed by atoms with Gasteiger partial charge in [0.1, 0.15) is 0 Å². The molecule has 1 aromatic carbocycles. The molecule has 21 heavy (non-hydrogen) atoms. The monoisotopic (exact) mass is 375 g/mol. The van der Waals surface area contributed by atoms with Crippen LogP contribution in [0.15, 0.2) is 29.2 Å². The molecule has 6 heteroatoms. The number of sulfonamides is 1. The lowest BCUT2D eigenvalue weighted by Gasteiger charge is -2.26. The minimum atomic E-state index is -3.56. The fourth-order valence-electron chi connectivity index (χ4n) is 2.63. The Kier molecular flexibility index (Phi) is 5.82. The van der Waals surface area contributed by atoms with E-state index < -0.39 is 15.6 Å². The number of halogens is 1. The van der Waals surface area contributed by atoms with Crippen molar-refractivity contribution in [2.45, 2.75) is 54.4 Å². The smallest absolute Gasteiger partial charge is 0.240 e. The van der Waals surface area contributed by atoms with Crippen LogP contribution in [0.5, 0.6) is 0 Å². The van der Waals surface area contributed by atoms with Crippen molar-refractivity contribution in [3.05, 3.63) is 29.8 Å². The topological polar surface area (TPSA) is 66.4 Å². The van der Waals surface area contributed by atoms with Gasteiger partial charge in [-0.2, -0.15) is 0 Å². The van der Waals surface area contributed by atoms with Gasteiger partial charge in [-0.1, -0.05) is 53.7 Å². The number of hydrogen-bond donors (Lipinski definition) is 2. The summed E-state index contributed by atoms with van der Waals surface area (Å²) in [6.45, 7) is 0.0928. The van der Waals surface area contributed by atoms with Crippen molar-refractivity contribution in [1.29, 1.82) is 0 Å². The first-order valence-electron chi connectivity index (χ1n) is 7.32. The predicted molar refractivity (Wildman–Crippen MR) is 86.9 cm³/mol. The van der Waals surface area contributed by atoms with Gasteiger partial charge in [0.25, 0.3) is 0 Å². The summed E-state index contributed by atoms with van der Waals surface area (Å²) >= 11 is 3.33. The van der Waals surface area contributed by atoms with Crippen molar-refractivity contribution in [2.24, 2.45) is 0 Å². The molecular weight excluding hydrogens is 354 g/mol. The quantitative estimate of drug-likeness (QED) is 0.613. The molecule has 0 atom stereocenters. The predicted octanol–water partition coefficient (Wildman–Crippen LogP) is 2.95. The van der Waals surface area contributed by atoms with Gasteiger partial charge in [-0.05, 0) is 30.5 Å². The SMILES string of the molecule is O=S(=O)(NCC1(O)CCCCCC1)c1ccc(CBr)cc1. The number of aliphatic hydroxyl groups is 1. The average molecular weight is 376 g/mol. The van der Waals surface area contributed by atoms with Crippen LogP contribution in [0, 0.1) is 0 Å². The Labute approximate surface area is 135 Å². The summed E-state index contributed by atoms with van der Waals surface area (Å²) in [4.78, 5) is 0.240. The zero-order valence-corrected chi connectivity index (χ0v) is 14.4. The Balaban J connectivity index is 2.02. The van der Waals surface area contributed by atoms with Gasteiger partial charge in [-0.25, -0.2) is 13.1 Å². The zero-order valence-electron chi connectivity index (χ0n) is 12.0. The number of nitrogens with one attached hydrogen (secondary N) is 1. The summed E-state index contributed by atoms with van der Waals surface area (Å²) in [5.41, 5.74) is 0.121. The van der Waals surface area contributed by atoms with E-state index in [1.54, 1.807) is 24.3 Å². The summed E-state index contributed by atoms with van der Waals surface area (Å²) < 4.78 is 27.1. The van der Waals surface area contributed by atoms with Crippen LogP contribution in [-0.4, -0.2) is 25.7 Å². The minimum Gasteiger partial charge on any atom is -0.389 e. The number of benzene rings is 1. The molecule has 1 aromatic rings. The van der Waals surface area contributed by atoms with E-state index in [0.717, 1.165) is 31.2 Å². The first kappa shape index (κ1) is 16.9. The van der Waals surface area contributed by atoms with Gasteiger partial charge >= 0.3 is 0 Å². The first-order valence-corrected chi connectivity index (χ1v) is 9.93. The normalized spacial score (nSPS) is 19.1. The number of hydrogen-bond acceptors (Lipinski definition) is 3. The molecule has 0 heterocycles. The van der Waals surface area contributed by atoms with Gasteiger partial charge in [0.15, 0.2) is 0 Å². The molecule has 0 spiro atoms. The van der Waals surface area contributed by atoms with Crippen molar-refractivity contribution in [1.82, 2.24) is 4.72 Å². The second-order valence-electron chi connectivity index (χ2n) is 5.74. The molecule has 0 aliphatic heterocycles. The summed E-state index contributed by atoms with van der Waals surface area (Å²) in [5.74, 6) is 0. The van der Waals surface area contributed by atoms with Gasteiger partial charge in [-0.15, -0.1) is 0 Å². The van der Waals surface area contributed by atoms with Crippen molar-refractivity contribution in [2.75, 3.05) is 6.54 Å². The third-order valence-corrected chi connectivity index (χ3v) is 6.08. The van der Waals surface area contributed by atoms with Crippen molar-refractivity contribution in [3.63, 3.8) is 0 Å². The van der Waals surface area contributed by atoms with Gasteiger partial charge in [-0.3, -0.25) is 0 Å². The molecule has 0 bridgehead atoms. The molecule has 118 valence electrons. The Bertz CT molecular complexity index is 549. The lowest BCUT2D eigenvalue weighted by molar-refractivity contribution is 0.0303. The van der Waals surface area contributed by atoms with Gasteiger partial charge < -0.3 is 5.11 Å². The summed E-state index contributed by atoms with van der Waals surface area (Å²) in [5, 5.41) is 11.2. The number of rotatable bonds is 5. The molecule has 0 amide bonds. The zero-order chi connectivity index (χ0) is 15.3. The fourth-order valence-corrected chi connectivity index (χ4v) is 4.13. The summed E-state index contributed by atoms with van der Waals surface area (Å²) in [6, 6.07) is 6.75. The molecule has 1 aliphatic rings. The van der Waals surface area contributed by atoms with E-state index in [2.05, 4.69) is 20.7 Å². The van der Waals surface area contributed by atoms with Crippen LogP contribution in [-0.2, 0) is 15.4 Å². The maximum atomic E-state index is 12.3. The van der Waals surface area contributed by atoms with E-state index in [0.29, 0.717) is 18.2 Å². The Morgan fingerprint density at radius 3 is 2.19 bits per heavy atom. The average Bonchev–Trinajstić information content (AvgIpc) is 2.71. The van der Waals surface area contributed by atoms with Crippen LogP contribution in [0.4, 0.5) is 0 Å². The van der Waals surface area contributed by atoms with E-state index in [9.17, 15) is 13.5 Å². The molecule has 2 N–H and O–H groups in total. The van der Waals surface area contributed by atoms with Crippen LogP contribution in [0.25, 0.3) is 0 Å². The lowest BCUT2D eigenvalue weighted by Crippen LogP contribution is -2.42. The molecule has 4 nitrogen and oxygen atoms in total. The molecule has 2 rings (SSSR count). The molecule has 1 aliphatic carbocycles. The van der Waals surface area contributed by atoms with Gasteiger partial charge in [0.2, 0.25) is 10.0 Å². The van der Waals surface area contributed by atoms with Crippen LogP contribution < -0.4 is 4.72 Å². The highest BCUT2D eigenvalue weighted by atomic mass is 79.9. The van der Waals surface area contributed by atoms with E-state index >= 15 is 0 Å². The van der Waals surface area contributed by atoms with Crippen LogP contribution in [0.3, 0.4) is 0 Å². The van der Waals surface area contributed by atoms with Crippen LogP contribution in [0.1, 0.15) is 44.1 Å². The third-order valence-electron chi connectivity index (χ3n) is 4.01. The van der Waals surface area contributed by atoms with E-state index in [1.165, 1.54) is 0 Å². The maximum absolute atomic E-state index is 12.3. The largest absolute Gasteiger partial charge is 0.389 e. The van der Waals surface area contributed by atoms with Crippen molar-refractivity contribution >= 4 is 26.0 Å².